The van der Waals surface area contributed by atoms with Crippen LogP contribution in [0.25, 0.3) is 11.0 Å². The smallest absolute Gasteiger partial charge is 0.265 e. The summed E-state index contributed by atoms with van der Waals surface area (Å²) in [4.78, 5) is 30.1. The van der Waals surface area contributed by atoms with Crippen molar-refractivity contribution in [1.82, 2.24) is 19.3 Å². The number of hydrogen-bond donors (Lipinski definition) is 1. The molecular formula is C19H20FN5O2S. The van der Waals surface area contributed by atoms with E-state index in [1.807, 2.05) is 20.8 Å². The molecule has 1 amide bonds. The Labute approximate surface area is 165 Å². The molecule has 0 aliphatic carbocycles. The van der Waals surface area contributed by atoms with E-state index in [2.05, 4.69) is 15.4 Å². The van der Waals surface area contributed by atoms with Crippen molar-refractivity contribution in [2.24, 2.45) is 0 Å². The zero-order chi connectivity index (χ0) is 20.1. The van der Waals surface area contributed by atoms with Gasteiger partial charge in [-0.3, -0.25) is 14.2 Å². The predicted octanol–water partition coefficient (Wildman–Crippen LogP) is 3.16. The second-order valence-corrected chi connectivity index (χ2v) is 8.75. The molecule has 1 aliphatic heterocycles. The Kier molecular flexibility index (Phi) is 4.49. The van der Waals surface area contributed by atoms with Crippen LogP contribution in [0.3, 0.4) is 0 Å². The standard InChI is InChI=1S/C19H20FN5O2S/c1-19(2,3)25-16-14(9-21-25)17(27)24-13(10-28-18(24)23-16)8-15(26)22-12-6-4-11(20)5-7-12/h4-7,9,13H,8,10H2,1-3H3,(H,22,26). The minimum absolute atomic E-state index is 0.137. The molecule has 0 fully saturated rings. The second-order valence-electron chi connectivity index (χ2n) is 7.76. The second kappa shape index (κ2) is 6.73. The highest BCUT2D eigenvalue weighted by atomic mass is 32.2. The maximum atomic E-state index is 13.0. The lowest BCUT2D eigenvalue weighted by molar-refractivity contribution is -0.116. The lowest BCUT2D eigenvalue weighted by Crippen LogP contribution is -2.29. The van der Waals surface area contributed by atoms with Crippen LogP contribution >= 0.6 is 11.8 Å². The Balaban J connectivity index is 1.61. The van der Waals surface area contributed by atoms with E-state index in [-0.39, 0.29) is 35.3 Å². The van der Waals surface area contributed by atoms with Crippen LogP contribution in [0.1, 0.15) is 33.2 Å². The Bertz CT molecular complexity index is 1110. The van der Waals surface area contributed by atoms with Crippen molar-refractivity contribution >= 4 is 34.4 Å². The van der Waals surface area contributed by atoms with Gasteiger partial charge in [-0.25, -0.2) is 14.1 Å². The maximum absolute atomic E-state index is 13.0. The average molecular weight is 401 g/mol. The van der Waals surface area contributed by atoms with E-state index in [0.717, 1.165) is 0 Å². The molecule has 0 spiro atoms. The lowest BCUT2D eigenvalue weighted by atomic mass is 10.1. The fraction of sp³-hybridized carbons (Fsp3) is 0.368. The lowest BCUT2D eigenvalue weighted by Gasteiger charge is -2.20. The molecular weight excluding hydrogens is 381 g/mol. The van der Waals surface area contributed by atoms with Crippen molar-refractivity contribution in [2.45, 2.75) is 43.9 Å². The highest BCUT2D eigenvalue weighted by Crippen LogP contribution is 2.33. The van der Waals surface area contributed by atoms with Crippen molar-refractivity contribution in [3.8, 4) is 0 Å². The number of carbonyl (C=O) groups is 1. The summed E-state index contributed by atoms with van der Waals surface area (Å²) in [6, 6.07) is 5.29. The molecule has 1 N–H and O–H groups in total. The zero-order valence-corrected chi connectivity index (χ0v) is 16.6. The van der Waals surface area contributed by atoms with Crippen molar-refractivity contribution in [2.75, 3.05) is 11.1 Å². The fourth-order valence-corrected chi connectivity index (χ4v) is 4.36. The van der Waals surface area contributed by atoms with Crippen LogP contribution in [0.2, 0.25) is 0 Å². The van der Waals surface area contributed by atoms with E-state index in [1.54, 1.807) is 15.4 Å². The first-order valence-electron chi connectivity index (χ1n) is 8.93. The van der Waals surface area contributed by atoms with Gasteiger partial charge in [-0.05, 0) is 45.0 Å². The first-order chi connectivity index (χ1) is 13.2. The molecule has 1 aliphatic rings. The van der Waals surface area contributed by atoms with Crippen LogP contribution in [0.5, 0.6) is 0 Å². The molecule has 4 rings (SSSR count). The van der Waals surface area contributed by atoms with Crippen LogP contribution in [0.4, 0.5) is 10.1 Å². The summed E-state index contributed by atoms with van der Waals surface area (Å²) in [6.45, 7) is 6.01. The molecule has 9 heteroatoms. The van der Waals surface area contributed by atoms with Crippen molar-refractivity contribution < 1.29 is 9.18 Å². The highest BCUT2D eigenvalue weighted by Gasteiger charge is 2.30. The van der Waals surface area contributed by atoms with E-state index < -0.39 is 0 Å². The predicted molar refractivity (Wildman–Crippen MR) is 106 cm³/mol. The van der Waals surface area contributed by atoms with Gasteiger partial charge < -0.3 is 5.32 Å². The van der Waals surface area contributed by atoms with Gasteiger partial charge in [0.05, 0.1) is 17.8 Å². The van der Waals surface area contributed by atoms with Crippen molar-refractivity contribution in [3.05, 3.63) is 46.6 Å². The minimum atomic E-state index is -0.364. The number of halogens is 1. The first-order valence-corrected chi connectivity index (χ1v) is 9.91. The minimum Gasteiger partial charge on any atom is -0.326 e. The zero-order valence-electron chi connectivity index (χ0n) is 15.8. The summed E-state index contributed by atoms with van der Waals surface area (Å²) in [5.74, 6) is -0.00624. The average Bonchev–Trinajstić information content (AvgIpc) is 3.22. The molecule has 7 nitrogen and oxygen atoms in total. The Hall–Kier alpha value is -2.68. The number of hydrogen-bond acceptors (Lipinski definition) is 5. The normalized spacial score (nSPS) is 16.4. The number of anilines is 1. The molecule has 3 heterocycles. The van der Waals surface area contributed by atoms with E-state index in [4.69, 9.17) is 0 Å². The highest BCUT2D eigenvalue weighted by molar-refractivity contribution is 7.99. The first kappa shape index (κ1) is 18.7. The number of benzene rings is 1. The fourth-order valence-electron chi connectivity index (χ4n) is 3.23. The number of amides is 1. The van der Waals surface area contributed by atoms with Gasteiger partial charge in [0.25, 0.3) is 5.56 Å². The van der Waals surface area contributed by atoms with E-state index in [0.29, 0.717) is 27.6 Å². The van der Waals surface area contributed by atoms with Crippen LogP contribution in [0.15, 0.2) is 40.4 Å². The van der Waals surface area contributed by atoms with Gasteiger partial charge >= 0.3 is 0 Å². The van der Waals surface area contributed by atoms with Gasteiger partial charge in [-0.15, -0.1) is 0 Å². The summed E-state index contributed by atoms with van der Waals surface area (Å²) in [7, 11) is 0. The van der Waals surface area contributed by atoms with Crippen molar-refractivity contribution in [3.63, 3.8) is 0 Å². The third-order valence-corrected chi connectivity index (χ3v) is 5.65. The molecule has 0 radical (unpaired) electrons. The number of carbonyl (C=O) groups excluding carboxylic acids is 1. The Morgan fingerprint density at radius 2 is 2.04 bits per heavy atom. The van der Waals surface area contributed by atoms with Gasteiger partial charge in [-0.2, -0.15) is 5.10 Å². The number of aromatic nitrogens is 4. The van der Waals surface area contributed by atoms with Crippen LogP contribution in [0, 0.1) is 5.82 Å². The number of nitrogens with zero attached hydrogens (tertiary/aromatic N) is 4. The molecule has 0 saturated heterocycles. The number of thioether (sulfide) groups is 1. The molecule has 2 aromatic heterocycles. The van der Waals surface area contributed by atoms with Gasteiger partial charge in [0.2, 0.25) is 5.91 Å². The van der Waals surface area contributed by atoms with E-state index in [9.17, 15) is 14.0 Å². The Morgan fingerprint density at radius 1 is 1.32 bits per heavy atom. The van der Waals surface area contributed by atoms with Gasteiger partial charge in [0.15, 0.2) is 10.8 Å². The number of fused-ring (bicyclic) bond motifs is 2. The molecule has 0 saturated carbocycles. The maximum Gasteiger partial charge on any atom is 0.265 e. The summed E-state index contributed by atoms with van der Waals surface area (Å²) in [5.41, 5.74) is 0.607. The molecule has 1 aromatic carbocycles. The summed E-state index contributed by atoms with van der Waals surface area (Å²) in [6.07, 6.45) is 1.68. The molecule has 1 unspecified atom stereocenters. The third kappa shape index (κ3) is 3.30. The number of nitrogens with one attached hydrogen (secondary N) is 1. The van der Waals surface area contributed by atoms with Crippen molar-refractivity contribution in [1.29, 1.82) is 0 Å². The Morgan fingerprint density at radius 3 is 2.71 bits per heavy atom. The van der Waals surface area contributed by atoms with E-state index in [1.165, 1.54) is 36.0 Å². The molecule has 3 aromatic rings. The largest absolute Gasteiger partial charge is 0.326 e. The third-order valence-electron chi connectivity index (χ3n) is 4.56. The monoisotopic (exact) mass is 401 g/mol. The van der Waals surface area contributed by atoms with Gasteiger partial charge in [0, 0.05) is 17.9 Å². The van der Waals surface area contributed by atoms with Crippen LogP contribution in [-0.2, 0) is 10.3 Å². The molecule has 146 valence electrons. The topological polar surface area (TPSA) is 81.8 Å². The quantitative estimate of drug-likeness (QED) is 0.682. The van der Waals surface area contributed by atoms with Gasteiger partial charge in [0.1, 0.15) is 11.2 Å². The number of rotatable bonds is 3. The van der Waals surface area contributed by atoms with Crippen LogP contribution < -0.4 is 10.9 Å². The SMILES string of the molecule is CC(C)(C)n1ncc2c(=O)n3c(nc21)SCC3CC(=O)Nc1ccc(F)cc1. The van der Waals surface area contributed by atoms with Gasteiger partial charge in [-0.1, -0.05) is 11.8 Å². The summed E-state index contributed by atoms with van der Waals surface area (Å²) in [5, 5.41) is 8.13. The molecule has 28 heavy (non-hydrogen) atoms. The molecule has 0 bridgehead atoms. The van der Waals surface area contributed by atoms with E-state index >= 15 is 0 Å². The summed E-state index contributed by atoms with van der Waals surface area (Å²) >= 11 is 1.46. The summed E-state index contributed by atoms with van der Waals surface area (Å²) < 4.78 is 16.3. The van der Waals surface area contributed by atoms with Crippen LogP contribution in [-0.4, -0.2) is 31.0 Å². The molecule has 1 atom stereocenters.